The molecule has 0 aromatic heterocycles. The van der Waals surface area contributed by atoms with Gasteiger partial charge in [-0.15, -0.1) is 0 Å². The lowest BCUT2D eigenvalue weighted by Crippen LogP contribution is -2.52. The summed E-state index contributed by atoms with van der Waals surface area (Å²) in [6, 6.07) is 0.237. The number of likely N-dealkylation sites (tertiary alicyclic amines) is 1. The van der Waals surface area contributed by atoms with E-state index in [9.17, 15) is 9.59 Å². The van der Waals surface area contributed by atoms with Crippen LogP contribution in [0.3, 0.4) is 0 Å². The Labute approximate surface area is 143 Å². The van der Waals surface area contributed by atoms with Gasteiger partial charge in [-0.3, -0.25) is 14.5 Å². The Kier molecular flexibility index (Phi) is 5.20. The summed E-state index contributed by atoms with van der Waals surface area (Å²) in [7, 11) is 1.62. The van der Waals surface area contributed by atoms with Gasteiger partial charge in [0.1, 0.15) is 5.71 Å². The van der Waals surface area contributed by atoms with Gasteiger partial charge in [0.25, 0.3) is 5.91 Å². The van der Waals surface area contributed by atoms with E-state index in [1.165, 1.54) is 5.01 Å². The van der Waals surface area contributed by atoms with Crippen molar-refractivity contribution in [3.63, 3.8) is 0 Å². The Morgan fingerprint density at radius 1 is 1.25 bits per heavy atom. The monoisotopic (exact) mass is 336 g/mol. The zero-order valence-electron chi connectivity index (χ0n) is 14.9. The molecule has 3 aliphatic rings. The molecular formula is C17H28N4O3. The van der Waals surface area contributed by atoms with Crippen molar-refractivity contribution in [2.45, 2.75) is 57.8 Å². The van der Waals surface area contributed by atoms with Gasteiger partial charge in [0, 0.05) is 52.1 Å². The topological polar surface area (TPSA) is 65.5 Å². The van der Waals surface area contributed by atoms with Crippen molar-refractivity contribution in [3.05, 3.63) is 0 Å². The third-order valence-electron chi connectivity index (χ3n) is 5.06. The van der Waals surface area contributed by atoms with Gasteiger partial charge in [0.15, 0.2) is 0 Å². The van der Waals surface area contributed by atoms with Crippen molar-refractivity contribution in [2.75, 3.05) is 33.2 Å². The molecule has 3 atom stereocenters. The lowest BCUT2D eigenvalue weighted by Gasteiger charge is -2.38. The van der Waals surface area contributed by atoms with Crippen LogP contribution in [0.15, 0.2) is 5.10 Å². The number of carbonyl (C=O) groups is 2. The molecule has 134 valence electrons. The third-order valence-corrected chi connectivity index (χ3v) is 5.06. The zero-order chi connectivity index (χ0) is 17.3. The standard InChI is InChI=1S/C17H28N4O3/c1-12-9-20(10-13(2)24-12)11-14-5-4-8-21(14)17(23)15-6-7-16(22)19(3)18-15/h12-14H,4-11H2,1-3H3/t12-,13-,14-/m1/s1. The number of ether oxygens (including phenoxy) is 1. The first-order chi connectivity index (χ1) is 11.4. The summed E-state index contributed by atoms with van der Waals surface area (Å²) in [6.45, 7) is 7.72. The number of hydrazone groups is 1. The molecule has 2 saturated heterocycles. The molecule has 0 aliphatic carbocycles. The van der Waals surface area contributed by atoms with Crippen LogP contribution in [0.25, 0.3) is 0 Å². The molecule has 7 nitrogen and oxygen atoms in total. The summed E-state index contributed by atoms with van der Waals surface area (Å²) >= 11 is 0. The second-order valence-electron chi connectivity index (χ2n) is 7.23. The van der Waals surface area contributed by atoms with Gasteiger partial charge in [-0.05, 0) is 26.7 Å². The number of hydrogen-bond donors (Lipinski definition) is 0. The Morgan fingerprint density at radius 2 is 1.96 bits per heavy atom. The second-order valence-corrected chi connectivity index (χ2v) is 7.23. The van der Waals surface area contributed by atoms with Crippen LogP contribution in [0.2, 0.25) is 0 Å². The van der Waals surface area contributed by atoms with Gasteiger partial charge in [0.05, 0.1) is 12.2 Å². The van der Waals surface area contributed by atoms with E-state index in [0.717, 1.165) is 39.0 Å². The predicted octanol–water partition coefficient (Wildman–Crippen LogP) is 0.695. The highest BCUT2D eigenvalue weighted by Gasteiger charge is 2.35. The number of hydrogen-bond acceptors (Lipinski definition) is 5. The van der Waals surface area contributed by atoms with Crippen LogP contribution in [0.1, 0.15) is 39.5 Å². The number of rotatable bonds is 3. The predicted molar refractivity (Wildman–Crippen MR) is 90.6 cm³/mol. The highest BCUT2D eigenvalue weighted by atomic mass is 16.5. The van der Waals surface area contributed by atoms with Crippen molar-refractivity contribution in [1.29, 1.82) is 0 Å². The van der Waals surface area contributed by atoms with Crippen LogP contribution in [0, 0.1) is 0 Å². The van der Waals surface area contributed by atoms with Crippen molar-refractivity contribution in [1.82, 2.24) is 14.8 Å². The molecule has 7 heteroatoms. The number of carbonyl (C=O) groups excluding carboxylic acids is 2. The smallest absolute Gasteiger partial charge is 0.270 e. The quantitative estimate of drug-likeness (QED) is 0.761. The molecule has 0 bridgehead atoms. The molecular weight excluding hydrogens is 308 g/mol. The molecule has 2 fully saturated rings. The molecule has 0 spiro atoms. The van der Waals surface area contributed by atoms with Gasteiger partial charge >= 0.3 is 0 Å². The molecule has 0 saturated carbocycles. The fourth-order valence-electron chi connectivity index (χ4n) is 4.01. The van der Waals surface area contributed by atoms with Crippen LogP contribution < -0.4 is 0 Å². The van der Waals surface area contributed by atoms with Crippen LogP contribution in [-0.2, 0) is 14.3 Å². The fraction of sp³-hybridized carbons (Fsp3) is 0.824. The Bertz CT molecular complexity index is 526. The first kappa shape index (κ1) is 17.4. The zero-order valence-corrected chi connectivity index (χ0v) is 14.9. The minimum Gasteiger partial charge on any atom is -0.373 e. The number of amides is 2. The van der Waals surface area contributed by atoms with Crippen LogP contribution in [-0.4, -0.2) is 83.8 Å². The Balaban J connectivity index is 1.64. The van der Waals surface area contributed by atoms with E-state index in [1.807, 2.05) is 4.90 Å². The lowest BCUT2D eigenvalue weighted by molar-refractivity contribution is -0.131. The molecule has 0 N–H and O–H groups in total. The van der Waals surface area contributed by atoms with Gasteiger partial charge in [-0.2, -0.15) is 5.10 Å². The average molecular weight is 336 g/mol. The summed E-state index contributed by atoms with van der Waals surface area (Å²) in [5.41, 5.74) is 0.521. The maximum atomic E-state index is 12.8. The molecule has 0 radical (unpaired) electrons. The van der Waals surface area contributed by atoms with E-state index >= 15 is 0 Å². The first-order valence-corrected chi connectivity index (χ1v) is 8.97. The van der Waals surface area contributed by atoms with E-state index in [0.29, 0.717) is 18.6 Å². The van der Waals surface area contributed by atoms with Crippen LogP contribution in [0.5, 0.6) is 0 Å². The van der Waals surface area contributed by atoms with Crippen molar-refractivity contribution in [3.8, 4) is 0 Å². The highest BCUT2D eigenvalue weighted by Crippen LogP contribution is 2.22. The first-order valence-electron chi connectivity index (χ1n) is 8.97. The van der Waals surface area contributed by atoms with Gasteiger partial charge in [-0.1, -0.05) is 0 Å². The van der Waals surface area contributed by atoms with E-state index in [-0.39, 0.29) is 30.1 Å². The average Bonchev–Trinajstić information content (AvgIpc) is 2.96. The molecule has 3 aliphatic heterocycles. The maximum Gasteiger partial charge on any atom is 0.270 e. The van der Waals surface area contributed by atoms with Gasteiger partial charge < -0.3 is 9.64 Å². The lowest BCUT2D eigenvalue weighted by atomic mass is 10.1. The third kappa shape index (κ3) is 3.78. The van der Waals surface area contributed by atoms with E-state index in [4.69, 9.17) is 4.74 Å². The molecule has 24 heavy (non-hydrogen) atoms. The van der Waals surface area contributed by atoms with Crippen LogP contribution in [0.4, 0.5) is 0 Å². The summed E-state index contributed by atoms with van der Waals surface area (Å²) in [6.07, 6.45) is 3.37. The largest absolute Gasteiger partial charge is 0.373 e. The fourth-order valence-corrected chi connectivity index (χ4v) is 4.01. The normalized spacial score (nSPS) is 32.2. The Morgan fingerprint density at radius 3 is 2.62 bits per heavy atom. The van der Waals surface area contributed by atoms with E-state index < -0.39 is 0 Å². The molecule has 2 amide bonds. The van der Waals surface area contributed by atoms with E-state index in [2.05, 4.69) is 23.8 Å². The molecule has 3 heterocycles. The van der Waals surface area contributed by atoms with Gasteiger partial charge in [-0.25, -0.2) is 5.01 Å². The highest BCUT2D eigenvalue weighted by molar-refractivity contribution is 6.39. The number of nitrogens with zero attached hydrogens (tertiary/aromatic N) is 4. The second kappa shape index (κ2) is 7.19. The van der Waals surface area contributed by atoms with Crippen LogP contribution >= 0.6 is 0 Å². The minimum absolute atomic E-state index is 0.00575. The minimum atomic E-state index is -0.0270. The van der Waals surface area contributed by atoms with Crippen molar-refractivity contribution >= 4 is 17.5 Å². The van der Waals surface area contributed by atoms with Gasteiger partial charge in [0.2, 0.25) is 5.91 Å². The number of morpholine rings is 1. The Hall–Kier alpha value is -1.47. The molecule has 0 aromatic rings. The molecule has 0 aromatic carbocycles. The summed E-state index contributed by atoms with van der Waals surface area (Å²) in [5, 5.41) is 5.49. The maximum absolute atomic E-state index is 12.8. The van der Waals surface area contributed by atoms with E-state index in [1.54, 1.807) is 7.05 Å². The molecule has 0 unspecified atom stereocenters. The molecule has 3 rings (SSSR count). The summed E-state index contributed by atoms with van der Waals surface area (Å²) in [5.74, 6) is -0.0213. The summed E-state index contributed by atoms with van der Waals surface area (Å²) in [4.78, 5) is 28.8. The van der Waals surface area contributed by atoms with Crippen molar-refractivity contribution < 1.29 is 14.3 Å². The van der Waals surface area contributed by atoms with Crippen molar-refractivity contribution in [2.24, 2.45) is 5.10 Å². The SMILES string of the molecule is C[C@@H]1CN(C[C@H]2CCCN2C(=O)C2=NN(C)C(=O)CC2)C[C@@H](C)O1. The summed E-state index contributed by atoms with van der Waals surface area (Å²) < 4.78 is 5.79.